The maximum atomic E-state index is 15.6. The topological polar surface area (TPSA) is 140 Å². The fourth-order valence-corrected chi connectivity index (χ4v) is 9.60. The highest BCUT2D eigenvalue weighted by atomic mass is 32.2. The maximum Gasteiger partial charge on any atom is 0.306 e. The number of nitrogens with zero attached hydrogens (tertiary/aromatic N) is 4. The van der Waals surface area contributed by atoms with Gasteiger partial charge in [-0.05, 0) is 55.4 Å². The Balaban J connectivity index is 1.43. The molecule has 0 radical (unpaired) electrons. The number of carboxylic acids is 1. The number of halogens is 1. The van der Waals surface area contributed by atoms with E-state index in [1.807, 2.05) is 26.0 Å². The fraction of sp³-hybridized carbons (Fsp3) is 0.412. The van der Waals surface area contributed by atoms with Crippen LogP contribution in [0.5, 0.6) is 11.5 Å². The molecule has 0 amide bonds. The first-order valence-corrected chi connectivity index (χ1v) is 18.3. The van der Waals surface area contributed by atoms with Gasteiger partial charge in [0.15, 0.2) is 33.1 Å². The Morgan fingerprint density at radius 1 is 1.26 bits per heavy atom. The number of H-pyrrole nitrogens is 1. The van der Waals surface area contributed by atoms with Gasteiger partial charge in [-0.2, -0.15) is 5.10 Å². The van der Waals surface area contributed by atoms with Gasteiger partial charge in [-0.15, -0.1) is 11.3 Å². The molecule has 0 saturated carbocycles. The summed E-state index contributed by atoms with van der Waals surface area (Å²) < 4.78 is 50.5. The highest BCUT2D eigenvalue weighted by Gasteiger charge is 2.30. The van der Waals surface area contributed by atoms with Gasteiger partial charge in [-0.25, -0.2) is 22.5 Å². The van der Waals surface area contributed by atoms with Crippen molar-refractivity contribution in [2.24, 2.45) is 18.4 Å². The number of benzene rings is 1. The Morgan fingerprint density at radius 2 is 2.06 bits per heavy atom. The van der Waals surface area contributed by atoms with Crippen LogP contribution >= 0.6 is 11.3 Å². The van der Waals surface area contributed by atoms with Gasteiger partial charge in [0.2, 0.25) is 0 Å². The zero-order valence-corrected chi connectivity index (χ0v) is 28.4. The minimum atomic E-state index is -3.52. The van der Waals surface area contributed by atoms with E-state index in [0.717, 1.165) is 16.2 Å². The van der Waals surface area contributed by atoms with Crippen molar-refractivity contribution in [3.63, 3.8) is 0 Å². The third-order valence-corrected chi connectivity index (χ3v) is 12.0. The third kappa shape index (κ3) is 7.25. The van der Waals surface area contributed by atoms with Crippen LogP contribution in [0.15, 0.2) is 48.8 Å². The number of aromatic nitrogens is 5. The fourth-order valence-electron chi connectivity index (χ4n) is 6.33. The predicted octanol–water partition coefficient (Wildman–Crippen LogP) is 6.91. The van der Waals surface area contributed by atoms with Crippen LogP contribution in [0.3, 0.4) is 0 Å². The van der Waals surface area contributed by atoms with E-state index in [-0.39, 0.29) is 29.6 Å². The number of fused-ring (bicyclic) bond motifs is 8. The first-order chi connectivity index (χ1) is 22.3. The number of aromatic amines is 1. The van der Waals surface area contributed by atoms with Crippen LogP contribution < -0.4 is 4.74 Å². The molecule has 5 heterocycles. The van der Waals surface area contributed by atoms with Crippen molar-refractivity contribution in [1.29, 1.82) is 0 Å². The molecule has 2 atom stereocenters. The molecule has 4 bridgehead atoms. The molecule has 0 fully saturated rings. The number of carboxylic acid groups (broad SMARTS) is 1. The first kappa shape index (κ1) is 32.8. The van der Waals surface area contributed by atoms with Gasteiger partial charge in [0.1, 0.15) is 11.4 Å². The number of hydrogen-bond donors (Lipinski definition) is 2. The lowest BCUT2D eigenvalue weighted by Gasteiger charge is -2.25. The standard InChI is InChI=1S/C34H38FN5O5S2/c1-20(33(41)42)16-22-7-8-29(46-22)25-6-5-12-34(2,3)19-47(43,44)15-11-24-23-10-14-36-27(23)18-26(35)30(24)45-21-9-13-37-28(17-21)32-38-31(25)39-40(32)4/h7-10,13-14,17-18,20,25,36H,5-6,11-12,15-16,19H2,1-4H3,(H,41,42)/t20-,25?/m1/s1. The number of aryl methyl sites for hydroxylation is 2. The molecule has 0 saturated heterocycles. The number of nitrogens with one attached hydrogen (secondary N) is 1. The van der Waals surface area contributed by atoms with E-state index in [2.05, 4.69) is 9.97 Å². The maximum absolute atomic E-state index is 15.6. The molecule has 1 aliphatic rings. The van der Waals surface area contributed by atoms with Gasteiger partial charge >= 0.3 is 5.97 Å². The number of hydrogen-bond acceptors (Lipinski definition) is 8. The Kier molecular flexibility index (Phi) is 8.96. The molecule has 4 aromatic heterocycles. The number of pyridine rings is 1. The van der Waals surface area contributed by atoms with Crippen molar-refractivity contribution in [3.8, 4) is 23.0 Å². The van der Waals surface area contributed by atoms with E-state index in [4.69, 9.17) is 14.8 Å². The van der Waals surface area contributed by atoms with E-state index in [1.54, 1.807) is 60.6 Å². The molecular weight excluding hydrogens is 642 g/mol. The van der Waals surface area contributed by atoms with Crippen LogP contribution in [-0.2, 0) is 34.5 Å². The first-order valence-electron chi connectivity index (χ1n) is 15.6. The minimum absolute atomic E-state index is 0.0115. The third-order valence-electron chi connectivity index (χ3n) is 8.71. The molecule has 47 heavy (non-hydrogen) atoms. The SMILES string of the molecule is C[C@H](Cc1ccc(C2CCCC(C)(C)CS(=O)(=O)CCc3c(c(F)cc4[nH]ccc34)Oc3ccnc(c3)-c3nc2nn3C)s1)C(=O)O. The molecule has 0 spiro atoms. The summed E-state index contributed by atoms with van der Waals surface area (Å²) in [4.78, 5) is 25.9. The second kappa shape index (κ2) is 12.8. The quantitative estimate of drug-likeness (QED) is 0.209. The van der Waals surface area contributed by atoms with Gasteiger partial charge in [0.05, 0.1) is 23.3 Å². The van der Waals surface area contributed by atoms with E-state index < -0.39 is 33.0 Å². The van der Waals surface area contributed by atoms with Gasteiger partial charge in [0.25, 0.3) is 0 Å². The van der Waals surface area contributed by atoms with Crippen LogP contribution in [-0.4, -0.2) is 55.7 Å². The van der Waals surface area contributed by atoms with Crippen molar-refractivity contribution >= 4 is 38.0 Å². The molecule has 248 valence electrons. The summed E-state index contributed by atoms with van der Waals surface area (Å²) in [6.07, 6.45) is 5.82. The van der Waals surface area contributed by atoms with E-state index in [1.165, 1.54) is 6.07 Å². The Hall–Kier alpha value is -4.10. The number of rotatable bonds is 4. The average molecular weight is 680 g/mol. The van der Waals surface area contributed by atoms with E-state index >= 15 is 4.39 Å². The zero-order chi connectivity index (χ0) is 33.5. The Morgan fingerprint density at radius 3 is 2.85 bits per heavy atom. The molecule has 10 nitrogen and oxygen atoms in total. The van der Waals surface area contributed by atoms with Crippen LogP contribution in [0.4, 0.5) is 4.39 Å². The average Bonchev–Trinajstić information content (AvgIpc) is 3.74. The highest BCUT2D eigenvalue weighted by molar-refractivity contribution is 7.91. The lowest BCUT2D eigenvalue weighted by molar-refractivity contribution is -0.141. The van der Waals surface area contributed by atoms with Gasteiger partial charge < -0.3 is 14.8 Å². The number of ether oxygens (including phenoxy) is 1. The Labute approximate surface area is 277 Å². The molecule has 5 aromatic rings. The lowest BCUT2D eigenvalue weighted by Crippen LogP contribution is -2.27. The van der Waals surface area contributed by atoms with Crippen molar-refractivity contribution in [1.82, 2.24) is 24.7 Å². The van der Waals surface area contributed by atoms with Crippen LogP contribution in [0.25, 0.3) is 22.4 Å². The summed E-state index contributed by atoms with van der Waals surface area (Å²) >= 11 is 1.56. The molecule has 13 heteroatoms. The summed E-state index contributed by atoms with van der Waals surface area (Å²) in [5.41, 5.74) is 1.02. The van der Waals surface area contributed by atoms with Crippen LogP contribution in [0, 0.1) is 17.2 Å². The zero-order valence-electron chi connectivity index (χ0n) is 26.8. The lowest BCUT2D eigenvalue weighted by atomic mass is 9.87. The smallest absolute Gasteiger partial charge is 0.306 e. The molecule has 1 unspecified atom stereocenters. The van der Waals surface area contributed by atoms with Crippen molar-refractivity contribution in [3.05, 3.63) is 75.8 Å². The number of thiophene rings is 1. The van der Waals surface area contributed by atoms with Crippen molar-refractivity contribution in [2.45, 2.75) is 58.8 Å². The highest BCUT2D eigenvalue weighted by Crippen LogP contribution is 2.39. The molecular formula is C34H38FN5O5S2. The molecule has 0 aliphatic carbocycles. The number of sulfone groups is 1. The summed E-state index contributed by atoms with van der Waals surface area (Å²) in [5, 5.41) is 14.9. The van der Waals surface area contributed by atoms with Gasteiger partial charge in [-0.1, -0.05) is 27.2 Å². The van der Waals surface area contributed by atoms with Gasteiger partial charge in [-0.3, -0.25) is 9.78 Å². The normalized spacial score (nSPS) is 18.9. The second-order valence-electron chi connectivity index (χ2n) is 13.2. The van der Waals surface area contributed by atoms with E-state index in [9.17, 15) is 18.3 Å². The van der Waals surface area contributed by atoms with Crippen LogP contribution in [0.2, 0.25) is 0 Å². The number of aliphatic carboxylic acids is 1. The van der Waals surface area contributed by atoms with Crippen molar-refractivity contribution in [2.75, 3.05) is 11.5 Å². The molecule has 6 rings (SSSR count). The van der Waals surface area contributed by atoms with Crippen molar-refractivity contribution < 1.29 is 27.4 Å². The monoisotopic (exact) mass is 679 g/mol. The second-order valence-corrected chi connectivity index (χ2v) is 16.6. The number of carbonyl (C=O) groups is 1. The summed E-state index contributed by atoms with van der Waals surface area (Å²) in [6, 6.07) is 10.4. The van der Waals surface area contributed by atoms with Crippen LogP contribution in [0.1, 0.15) is 67.1 Å². The summed E-state index contributed by atoms with van der Waals surface area (Å²) in [6.45, 7) is 5.62. The predicted molar refractivity (Wildman–Crippen MR) is 179 cm³/mol. The molecule has 1 aliphatic heterocycles. The molecule has 1 aromatic carbocycles. The van der Waals surface area contributed by atoms with E-state index in [0.29, 0.717) is 58.8 Å². The van der Waals surface area contributed by atoms with Gasteiger partial charge in [0, 0.05) is 57.8 Å². The molecule has 2 N–H and O–H groups in total. The minimum Gasteiger partial charge on any atom is -0.481 e. The Bertz CT molecular complexity index is 2050. The summed E-state index contributed by atoms with van der Waals surface area (Å²) in [5.74, 6) is -0.887. The summed E-state index contributed by atoms with van der Waals surface area (Å²) in [7, 11) is -1.73. The largest absolute Gasteiger partial charge is 0.481 e.